The van der Waals surface area contributed by atoms with E-state index < -0.39 is 0 Å². The molecule has 0 saturated carbocycles. The van der Waals surface area contributed by atoms with Crippen LogP contribution in [0, 0.1) is 0 Å². The molecule has 0 aliphatic heterocycles. The van der Waals surface area contributed by atoms with Gasteiger partial charge in [0.1, 0.15) is 0 Å². The van der Waals surface area contributed by atoms with E-state index in [1.54, 1.807) is 18.2 Å². The van der Waals surface area contributed by atoms with E-state index in [4.69, 9.17) is 23.2 Å². The van der Waals surface area contributed by atoms with Gasteiger partial charge in [-0.1, -0.05) is 30.1 Å². The summed E-state index contributed by atoms with van der Waals surface area (Å²) in [6, 6.07) is 4.78. The van der Waals surface area contributed by atoms with Gasteiger partial charge in [0.05, 0.1) is 0 Å². The first-order chi connectivity index (χ1) is 7.63. The molecule has 0 radical (unpaired) electrons. The zero-order valence-electron chi connectivity index (χ0n) is 9.43. The molecule has 0 heterocycles. The number of carbonyl (C=O) groups excluding carboxylic acids is 1. The van der Waals surface area contributed by atoms with Crippen LogP contribution in [0.4, 0.5) is 0 Å². The molecular formula is C11H15Cl3N2O. The Morgan fingerprint density at radius 3 is 2.29 bits per heavy atom. The van der Waals surface area contributed by atoms with Gasteiger partial charge in [-0.15, -0.1) is 12.4 Å². The summed E-state index contributed by atoms with van der Waals surface area (Å²) in [5, 5.41) is 6.81. The first-order valence-electron chi connectivity index (χ1n) is 5.08. The van der Waals surface area contributed by atoms with Gasteiger partial charge in [-0.2, -0.15) is 0 Å². The summed E-state index contributed by atoms with van der Waals surface area (Å²) in [4.78, 5) is 11.7. The van der Waals surface area contributed by atoms with Crippen molar-refractivity contribution in [2.24, 2.45) is 0 Å². The van der Waals surface area contributed by atoms with Crippen molar-refractivity contribution in [1.82, 2.24) is 10.6 Å². The normalized spacial score (nSPS) is 9.59. The van der Waals surface area contributed by atoms with Crippen molar-refractivity contribution in [2.45, 2.75) is 6.92 Å². The predicted octanol–water partition coefficient (Wildman–Crippen LogP) is 2.75. The zero-order chi connectivity index (χ0) is 12.0. The van der Waals surface area contributed by atoms with E-state index in [0.717, 1.165) is 13.1 Å². The van der Waals surface area contributed by atoms with Gasteiger partial charge in [0, 0.05) is 28.7 Å². The first kappa shape index (κ1) is 16.5. The number of nitrogens with one attached hydrogen (secondary N) is 2. The van der Waals surface area contributed by atoms with E-state index in [1.165, 1.54) is 0 Å². The van der Waals surface area contributed by atoms with Crippen LogP contribution in [0.2, 0.25) is 10.0 Å². The third kappa shape index (κ3) is 6.13. The molecule has 0 atom stereocenters. The molecule has 1 aromatic carbocycles. The second kappa shape index (κ2) is 8.59. The molecule has 0 aromatic heterocycles. The van der Waals surface area contributed by atoms with Crippen LogP contribution in [0.15, 0.2) is 18.2 Å². The minimum atomic E-state index is -0.165. The van der Waals surface area contributed by atoms with E-state index in [2.05, 4.69) is 10.6 Å². The van der Waals surface area contributed by atoms with Crippen LogP contribution in [0.25, 0.3) is 0 Å². The second-order valence-corrected chi connectivity index (χ2v) is 4.14. The largest absolute Gasteiger partial charge is 0.351 e. The van der Waals surface area contributed by atoms with Gasteiger partial charge in [-0.05, 0) is 24.7 Å². The molecule has 3 nitrogen and oxygen atoms in total. The molecule has 0 aliphatic carbocycles. The minimum Gasteiger partial charge on any atom is -0.351 e. The number of rotatable bonds is 5. The molecule has 0 bridgehead atoms. The standard InChI is InChI=1S/C11H14Cl2N2O.ClH/c1-2-14-3-4-15-11(16)8-5-9(12)7-10(13)6-8;/h5-7,14H,2-4H2,1H3,(H,15,16);1H. The Kier molecular flexibility index (Phi) is 8.35. The summed E-state index contributed by atoms with van der Waals surface area (Å²) in [6.07, 6.45) is 0. The van der Waals surface area contributed by atoms with Gasteiger partial charge in [0.25, 0.3) is 5.91 Å². The molecule has 0 unspecified atom stereocenters. The summed E-state index contributed by atoms with van der Waals surface area (Å²) in [5.41, 5.74) is 0.481. The molecule has 6 heteroatoms. The van der Waals surface area contributed by atoms with Crippen molar-refractivity contribution in [3.05, 3.63) is 33.8 Å². The summed E-state index contributed by atoms with van der Waals surface area (Å²) >= 11 is 11.6. The SMILES string of the molecule is CCNCCNC(=O)c1cc(Cl)cc(Cl)c1.Cl. The molecule has 2 N–H and O–H groups in total. The van der Waals surface area contributed by atoms with Gasteiger partial charge in [0.15, 0.2) is 0 Å². The topological polar surface area (TPSA) is 41.1 Å². The molecule has 1 aromatic rings. The highest BCUT2D eigenvalue weighted by Crippen LogP contribution is 2.18. The molecule has 0 fully saturated rings. The maximum absolute atomic E-state index is 11.7. The highest BCUT2D eigenvalue weighted by atomic mass is 35.5. The summed E-state index contributed by atoms with van der Waals surface area (Å²) < 4.78 is 0. The Morgan fingerprint density at radius 1 is 1.18 bits per heavy atom. The Hall–Kier alpha value is -0.480. The monoisotopic (exact) mass is 296 g/mol. The van der Waals surface area contributed by atoms with Crippen LogP contribution in [0.1, 0.15) is 17.3 Å². The Balaban J connectivity index is 0.00000256. The number of amides is 1. The van der Waals surface area contributed by atoms with E-state index in [-0.39, 0.29) is 18.3 Å². The van der Waals surface area contributed by atoms with Gasteiger partial charge < -0.3 is 10.6 Å². The number of hydrogen-bond donors (Lipinski definition) is 2. The maximum Gasteiger partial charge on any atom is 0.251 e. The van der Waals surface area contributed by atoms with Crippen LogP contribution in [-0.4, -0.2) is 25.5 Å². The van der Waals surface area contributed by atoms with Crippen LogP contribution in [0.3, 0.4) is 0 Å². The van der Waals surface area contributed by atoms with Crippen LogP contribution < -0.4 is 10.6 Å². The highest BCUT2D eigenvalue weighted by molar-refractivity contribution is 6.35. The van der Waals surface area contributed by atoms with Crippen LogP contribution >= 0.6 is 35.6 Å². The van der Waals surface area contributed by atoms with Gasteiger partial charge in [-0.25, -0.2) is 0 Å². The van der Waals surface area contributed by atoms with Crippen molar-refractivity contribution < 1.29 is 4.79 Å². The maximum atomic E-state index is 11.7. The molecule has 0 aliphatic rings. The van der Waals surface area contributed by atoms with Crippen molar-refractivity contribution >= 4 is 41.5 Å². The Labute approximate surface area is 117 Å². The molecule has 0 saturated heterocycles. The number of carbonyl (C=O) groups is 1. The Morgan fingerprint density at radius 2 is 1.76 bits per heavy atom. The number of halogens is 3. The molecule has 0 spiro atoms. The highest BCUT2D eigenvalue weighted by Gasteiger charge is 2.06. The van der Waals surface area contributed by atoms with Crippen molar-refractivity contribution in [1.29, 1.82) is 0 Å². The molecule has 96 valence electrons. The lowest BCUT2D eigenvalue weighted by Gasteiger charge is -2.06. The lowest BCUT2D eigenvalue weighted by atomic mass is 10.2. The lowest BCUT2D eigenvalue weighted by molar-refractivity contribution is 0.0954. The second-order valence-electron chi connectivity index (χ2n) is 3.27. The van der Waals surface area contributed by atoms with E-state index in [9.17, 15) is 4.79 Å². The number of likely N-dealkylation sites (N-methyl/N-ethyl adjacent to an activating group) is 1. The lowest BCUT2D eigenvalue weighted by Crippen LogP contribution is -2.31. The van der Waals surface area contributed by atoms with Crippen molar-refractivity contribution in [3.8, 4) is 0 Å². The molecule has 1 rings (SSSR count). The van der Waals surface area contributed by atoms with Gasteiger partial charge >= 0.3 is 0 Å². The van der Waals surface area contributed by atoms with E-state index in [1.807, 2.05) is 6.92 Å². The smallest absolute Gasteiger partial charge is 0.251 e. The third-order valence-electron chi connectivity index (χ3n) is 1.96. The first-order valence-corrected chi connectivity index (χ1v) is 5.84. The van der Waals surface area contributed by atoms with Crippen molar-refractivity contribution in [2.75, 3.05) is 19.6 Å². The van der Waals surface area contributed by atoms with Crippen molar-refractivity contribution in [3.63, 3.8) is 0 Å². The van der Waals surface area contributed by atoms with E-state index >= 15 is 0 Å². The minimum absolute atomic E-state index is 0. The fraction of sp³-hybridized carbons (Fsp3) is 0.364. The van der Waals surface area contributed by atoms with E-state index in [0.29, 0.717) is 22.2 Å². The number of hydrogen-bond acceptors (Lipinski definition) is 2. The fourth-order valence-electron chi connectivity index (χ4n) is 1.23. The summed E-state index contributed by atoms with van der Waals surface area (Å²) in [6.45, 7) is 4.23. The summed E-state index contributed by atoms with van der Waals surface area (Å²) in [5.74, 6) is -0.165. The average Bonchev–Trinajstić information content (AvgIpc) is 2.22. The quantitative estimate of drug-likeness (QED) is 0.821. The fourth-order valence-corrected chi connectivity index (χ4v) is 1.75. The predicted molar refractivity (Wildman–Crippen MR) is 74.6 cm³/mol. The average molecular weight is 298 g/mol. The summed E-state index contributed by atoms with van der Waals surface area (Å²) in [7, 11) is 0. The third-order valence-corrected chi connectivity index (χ3v) is 2.40. The molecular weight excluding hydrogens is 282 g/mol. The Bertz CT molecular complexity index is 351. The molecule has 17 heavy (non-hydrogen) atoms. The van der Waals surface area contributed by atoms with Crippen LogP contribution in [0.5, 0.6) is 0 Å². The molecule has 1 amide bonds. The number of benzene rings is 1. The van der Waals surface area contributed by atoms with Crippen LogP contribution in [-0.2, 0) is 0 Å². The zero-order valence-corrected chi connectivity index (χ0v) is 11.8. The van der Waals surface area contributed by atoms with Gasteiger partial charge in [0.2, 0.25) is 0 Å². The van der Waals surface area contributed by atoms with Gasteiger partial charge in [-0.3, -0.25) is 4.79 Å².